The van der Waals surface area contributed by atoms with Crippen LogP contribution < -0.4 is 9.47 Å². The molecule has 32 heavy (non-hydrogen) atoms. The first-order valence-corrected chi connectivity index (χ1v) is 12.1. The van der Waals surface area contributed by atoms with E-state index in [4.69, 9.17) is 14.2 Å². The fourth-order valence-electron chi connectivity index (χ4n) is 5.67. The number of aryl methyl sites for hydroxylation is 1. The van der Waals surface area contributed by atoms with Crippen LogP contribution in [0, 0.1) is 5.92 Å². The highest BCUT2D eigenvalue weighted by molar-refractivity contribution is 5.83. The predicted molar refractivity (Wildman–Crippen MR) is 126 cm³/mol. The van der Waals surface area contributed by atoms with Gasteiger partial charge < -0.3 is 19.2 Å². The van der Waals surface area contributed by atoms with Crippen molar-refractivity contribution in [2.45, 2.75) is 38.6 Å². The van der Waals surface area contributed by atoms with E-state index in [2.05, 4.69) is 46.4 Å². The molecule has 0 saturated carbocycles. The number of ether oxygens (including phenoxy) is 3. The molecule has 1 N–H and O–H groups in total. The topological polar surface area (TPSA) is 46.7 Å². The minimum atomic E-state index is 0.637. The average molecular weight is 433 g/mol. The van der Waals surface area contributed by atoms with E-state index >= 15 is 0 Å². The van der Waals surface area contributed by atoms with Gasteiger partial charge in [-0.05, 0) is 66.8 Å². The molecule has 0 bridgehead atoms. The summed E-state index contributed by atoms with van der Waals surface area (Å²) in [6, 6.07) is 10.8. The van der Waals surface area contributed by atoms with Crippen molar-refractivity contribution in [3.05, 3.63) is 58.8 Å². The van der Waals surface area contributed by atoms with Crippen LogP contribution in [0.15, 0.2) is 36.5 Å². The Morgan fingerprint density at radius 3 is 2.81 bits per heavy atom. The molecule has 3 aromatic rings. The van der Waals surface area contributed by atoms with Crippen molar-refractivity contribution in [1.82, 2.24) is 9.88 Å². The summed E-state index contributed by atoms with van der Waals surface area (Å²) in [6.07, 6.45) is 7.62. The van der Waals surface area contributed by atoms with Gasteiger partial charge in [-0.15, -0.1) is 0 Å². The first-order chi connectivity index (χ1) is 15.8. The summed E-state index contributed by atoms with van der Waals surface area (Å²) < 4.78 is 17.8. The Morgan fingerprint density at radius 1 is 1.00 bits per heavy atom. The third-order valence-electron chi connectivity index (χ3n) is 7.40. The fraction of sp³-hybridized carbons (Fsp3) is 0.481. The molecule has 5 nitrogen and oxygen atoms in total. The molecule has 0 aliphatic carbocycles. The van der Waals surface area contributed by atoms with Gasteiger partial charge in [-0.2, -0.15) is 0 Å². The first-order valence-electron chi connectivity index (χ1n) is 12.1. The molecule has 1 aromatic heterocycles. The zero-order valence-electron chi connectivity index (χ0n) is 18.7. The van der Waals surface area contributed by atoms with Gasteiger partial charge in [-0.3, -0.25) is 4.90 Å². The predicted octanol–water partition coefficient (Wildman–Crippen LogP) is 4.51. The van der Waals surface area contributed by atoms with Gasteiger partial charge in [0.15, 0.2) is 11.5 Å². The summed E-state index contributed by atoms with van der Waals surface area (Å²) in [6.45, 7) is 6.45. The number of nitrogens with zero attached hydrogens (tertiary/aromatic N) is 1. The van der Waals surface area contributed by atoms with E-state index in [9.17, 15) is 0 Å². The molecule has 1 saturated heterocycles. The van der Waals surface area contributed by atoms with Gasteiger partial charge in [-0.25, -0.2) is 0 Å². The summed E-state index contributed by atoms with van der Waals surface area (Å²) in [4.78, 5) is 6.08. The summed E-state index contributed by atoms with van der Waals surface area (Å²) in [5.74, 6) is 2.70. The van der Waals surface area contributed by atoms with Crippen LogP contribution in [-0.4, -0.2) is 49.4 Å². The minimum Gasteiger partial charge on any atom is -0.486 e. The Kier molecular flexibility index (Phi) is 5.53. The van der Waals surface area contributed by atoms with Gasteiger partial charge in [0, 0.05) is 55.5 Å². The molecular formula is C27H32N2O3. The molecule has 2 aromatic carbocycles. The van der Waals surface area contributed by atoms with Gasteiger partial charge in [0.05, 0.1) is 0 Å². The highest BCUT2D eigenvalue weighted by Gasteiger charge is 2.28. The van der Waals surface area contributed by atoms with Crippen LogP contribution in [0.4, 0.5) is 0 Å². The van der Waals surface area contributed by atoms with Gasteiger partial charge in [0.25, 0.3) is 0 Å². The van der Waals surface area contributed by atoms with Gasteiger partial charge >= 0.3 is 0 Å². The third-order valence-corrected chi connectivity index (χ3v) is 7.40. The van der Waals surface area contributed by atoms with E-state index in [1.165, 1.54) is 52.5 Å². The summed E-state index contributed by atoms with van der Waals surface area (Å²) >= 11 is 0. The number of aromatic amines is 1. The zero-order valence-corrected chi connectivity index (χ0v) is 18.7. The molecule has 4 heterocycles. The van der Waals surface area contributed by atoms with E-state index in [0.29, 0.717) is 13.2 Å². The summed E-state index contributed by atoms with van der Waals surface area (Å²) in [7, 11) is 0. The van der Waals surface area contributed by atoms with Crippen LogP contribution in [0.25, 0.3) is 10.9 Å². The molecule has 168 valence electrons. The molecule has 1 fully saturated rings. The van der Waals surface area contributed by atoms with Gasteiger partial charge in [-0.1, -0.05) is 18.2 Å². The largest absolute Gasteiger partial charge is 0.486 e. The molecule has 0 radical (unpaired) electrons. The van der Waals surface area contributed by atoms with Crippen molar-refractivity contribution < 1.29 is 14.2 Å². The van der Waals surface area contributed by atoms with Crippen molar-refractivity contribution >= 4 is 10.9 Å². The lowest BCUT2D eigenvalue weighted by Crippen LogP contribution is -2.37. The molecule has 3 aliphatic rings. The van der Waals surface area contributed by atoms with E-state index in [1.807, 2.05) is 0 Å². The molecule has 3 aliphatic heterocycles. The van der Waals surface area contributed by atoms with Crippen LogP contribution in [0.3, 0.4) is 0 Å². The maximum absolute atomic E-state index is 6.20. The Bertz CT molecular complexity index is 1100. The monoisotopic (exact) mass is 432 g/mol. The second-order valence-electron chi connectivity index (χ2n) is 9.42. The number of rotatable bonds is 5. The Labute approximate surface area is 189 Å². The number of H-pyrrole nitrogens is 1. The number of hydrogen-bond acceptors (Lipinski definition) is 4. The number of hydrogen-bond donors (Lipinski definition) is 1. The minimum absolute atomic E-state index is 0.637. The smallest absolute Gasteiger partial charge is 0.164 e. The van der Waals surface area contributed by atoms with Crippen molar-refractivity contribution in [2.24, 2.45) is 5.92 Å². The molecule has 6 rings (SSSR count). The van der Waals surface area contributed by atoms with Crippen LogP contribution in [-0.2, 0) is 30.5 Å². The second kappa shape index (κ2) is 8.80. The quantitative estimate of drug-likeness (QED) is 0.645. The summed E-state index contributed by atoms with van der Waals surface area (Å²) in [5, 5.41) is 1.32. The molecular weight excluding hydrogens is 400 g/mol. The Hall–Kier alpha value is -2.50. The SMILES string of the molecule is c1ccc2c(CCc3c4c(cc5c3OCCO5)CCN(CC3CCOCC3)C4)c[nH]c2c1. The van der Waals surface area contributed by atoms with Crippen molar-refractivity contribution in [3.8, 4) is 11.5 Å². The lowest BCUT2D eigenvalue weighted by atomic mass is 9.89. The highest BCUT2D eigenvalue weighted by Crippen LogP contribution is 2.41. The molecule has 5 heteroatoms. The lowest BCUT2D eigenvalue weighted by molar-refractivity contribution is 0.0505. The fourth-order valence-corrected chi connectivity index (χ4v) is 5.67. The first kappa shape index (κ1) is 20.1. The summed E-state index contributed by atoms with van der Waals surface area (Å²) in [5.41, 5.74) is 6.87. The molecule has 0 unspecified atom stereocenters. The third kappa shape index (κ3) is 3.89. The van der Waals surface area contributed by atoms with Crippen molar-refractivity contribution in [3.63, 3.8) is 0 Å². The van der Waals surface area contributed by atoms with E-state index < -0.39 is 0 Å². The van der Waals surface area contributed by atoms with Crippen LogP contribution in [0.1, 0.15) is 35.1 Å². The molecule has 0 spiro atoms. The molecule has 0 amide bonds. The Morgan fingerprint density at radius 2 is 1.88 bits per heavy atom. The number of nitrogens with one attached hydrogen (secondary N) is 1. The average Bonchev–Trinajstić information content (AvgIpc) is 3.26. The van der Waals surface area contributed by atoms with Gasteiger partial charge in [0.2, 0.25) is 0 Å². The van der Waals surface area contributed by atoms with E-state index in [1.54, 1.807) is 0 Å². The van der Waals surface area contributed by atoms with Crippen LogP contribution >= 0.6 is 0 Å². The zero-order chi connectivity index (χ0) is 21.3. The number of benzene rings is 2. The molecule has 0 atom stereocenters. The van der Waals surface area contributed by atoms with Crippen molar-refractivity contribution in [2.75, 3.05) is 39.5 Å². The van der Waals surface area contributed by atoms with E-state index in [-0.39, 0.29) is 0 Å². The standard InChI is InChI=1S/C27H32N2O3/c1-2-4-25-22(3-1)21(16-28-25)5-6-23-24-18-29(17-19-8-11-30-12-9-19)10-7-20(24)15-26-27(23)32-14-13-31-26/h1-4,15-16,19,28H,5-14,17-18H2. The number of aromatic nitrogens is 1. The van der Waals surface area contributed by atoms with Crippen molar-refractivity contribution in [1.29, 1.82) is 0 Å². The van der Waals surface area contributed by atoms with E-state index in [0.717, 1.165) is 63.0 Å². The van der Waals surface area contributed by atoms with Crippen LogP contribution in [0.5, 0.6) is 11.5 Å². The van der Waals surface area contributed by atoms with Crippen LogP contribution in [0.2, 0.25) is 0 Å². The highest BCUT2D eigenvalue weighted by atomic mass is 16.6. The number of para-hydroxylation sites is 1. The lowest BCUT2D eigenvalue weighted by Gasteiger charge is -2.35. The second-order valence-corrected chi connectivity index (χ2v) is 9.42. The normalized spacial score (nSPS) is 19.2. The Balaban J connectivity index is 1.28. The van der Waals surface area contributed by atoms with Gasteiger partial charge in [0.1, 0.15) is 13.2 Å². The maximum atomic E-state index is 6.20. The maximum Gasteiger partial charge on any atom is 0.164 e. The number of fused-ring (bicyclic) bond motifs is 3.